The zero-order valence-corrected chi connectivity index (χ0v) is 56.9. The van der Waals surface area contributed by atoms with Gasteiger partial charge in [0.2, 0.25) is 17.6 Å². The Bertz CT molecular complexity index is 4730. The van der Waals surface area contributed by atoms with Gasteiger partial charge in [-0.25, -0.2) is 19.9 Å². The van der Waals surface area contributed by atoms with Gasteiger partial charge in [-0.2, -0.15) is 31.3 Å². The molecule has 0 atom stereocenters. The van der Waals surface area contributed by atoms with Gasteiger partial charge < -0.3 is 47.0 Å². The van der Waals surface area contributed by atoms with E-state index in [9.17, 15) is 0 Å². The molecule has 0 amide bonds. The van der Waals surface area contributed by atoms with Crippen molar-refractivity contribution in [3.05, 3.63) is 236 Å². The van der Waals surface area contributed by atoms with E-state index in [1.54, 1.807) is 37.3 Å². The molecule has 0 saturated heterocycles. The summed E-state index contributed by atoms with van der Waals surface area (Å²) in [6, 6.07) is 52.7. The van der Waals surface area contributed by atoms with E-state index < -0.39 is 0 Å². The van der Waals surface area contributed by atoms with Gasteiger partial charge >= 0.3 is 40.6 Å². The molecule has 0 bridgehead atoms. The highest BCUT2D eigenvalue weighted by Crippen LogP contribution is 2.31. The van der Waals surface area contributed by atoms with Gasteiger partial charge in [0.15, 0.2) is 0 Å². The first-order chi connectivity index (χ1) is 48.3. The summed E-state index contributed by atoms with van der Waals surface area (Å²) in [6.45, 7) is 23.3. The minimum Gasteiger partial charge on any atom is -0.457 e. The number of aromatic nitrogens is 5. The van der Waals surface area contributed by atoms with E-state index in [0.29, 0.717) is 95.7 Å². The van der Waals surface area contributed by atoms with E-state index in [2.05, 4.69) is 62.1 Å². The second-order valence-corrected chi connectivity index (χ2v) is 24.3. The average Bonchev–Trinajstić information content (AvgIpc) is 1.59. The quantitative estimate of drug-likeness (QED) is 0.115. The third-order valence-corrected chi connectivity index (χ3v) is 17.2. The maximum Gasteiger partial charge on any atom is 0.324 e. The molecular weight excluding hydrogens is 1250 g/mol. The minimum absolute atomic E-state index is 0.130. The summed E-state index contributed by atoms with van der Waals surface area (Å²) < 4.78 is 56.7. The van der Waals surface area contributed by atoms with E-state index in [-0.39, 0.29) is 40.6 Å². The molecule has 10 aromatic rings. The lowest BCUT2D eigenvalue weighted by atomic mass is 9.64. The van der Waals surface area contributed by atoms with Crippen molar-refractivity contribution in [2.24, 2.45) is 0 Å². The lowest BCUT2D eigenvalue weighted by molar-refractivity contribution is 0.333. The first-order valence-electron chi connectivity index (χ1n) is 32.3. The monoisotopic (exact) mass is 1320 g/mol. The Morgan fingerprint density at radius 1 is 0.350 bits per heavy atom. The van der Waals surface area contributed by atoms with Crippen molar-refractivity contribution in [3.8, 4) is 88.5 Å². The normalized spacial score (nSPS) is 12.9. The second-order valence-electron chi connectivity index (χ2n) is 24.3. The topological polar surface area (TPSA) is 276 Å². The van der Waals surface area contributed by atoms with Crippen molar-refractivity contribution < 1.29 is 47.0 Å². The molecule has 100 heavy (non-hydrogen) atoms. The molecule has 0 fully saturated rings. The van der Waals surface area contributed by atoms with Crippen LogP contribution in [0.25, 0.3) is 0 Å². The van der Waals surface area contributed by atoms with Crippen LogP contribution in [0.5, 0.6) is 58.1 Å². The Labute approximate surface area is 583 Å². The summed E-state index contributed by atoms with van der Waals surface area (Å²) in [7, 11) is 0. The van der Waals surface area contributed by atoms with Gasteiger partial charge in [-0.15, -0.1) is 0 Å². The Balaban J connectivity index is 0.000000126. The third kappa shape index (κ3) is 16.9. The summed E-state index contributed by atoms with van der Waals surface area (Å²) in [4.78, 5) is 20.8. The van der Waals surface area contributed by atoms with Crippen molar-refractivity contribution in [2.75, 3.05) is 0 Å². The highest BCUT2D eigenvalue weighted by atomic mass is 16.5. The number of rotatable bonds is 10. The molecule has 15 rings (SSSR count). The van der Waals surface area contributed by atoms with Crippen LogP contribution in [0.2, 0.25) is 34.1 Å². The predicted octanol–water partition coefficient (Wildman–Crippen LogP) is 12.1. The van der Waals surface area contributed by atoms with E-state index >= 15 is 0 Å². The fourth-order valence-electron chi connectivity index (χ4n) is 11.5. The average molecular weight is 1320 g/mol. The molecule has 6 aromatic carbocycles. The highest BCUT2D eigenvalue weighted by molar-refractivity contribution is 6.69. The number of pyridine rings is 3. The van der Waals surface area contributed by atoms with Gasteiger partial charge in [-0.3, -0.25) is 0 Å². The van der Waals surface area contributed by atoms with Gasteiger partial charge in [0.05, 0.1) is 73.2 Å². The minimum atomic E-state index is 0.130. The Hall–Kier alpha value is -11.6. The smallest absolute Gasteiger partial charge is 0.324 e. The summed E-state index contributed by atoms with van der Waals surface area (Å²) >= 11 is 0. The van der Waals surface area contributed by atoms with Crippen LogP contribution in [0.3, 0.4) is 0 Å². The number of nitriles is 5. The van der Waals surface area contributed by atoms with Crippen molar-refractivity contribution >= 4 is 61.9 Å². The van der Waals surface area contributed by atoms with E-state index in [1.165, 1.54) is 51.5 Å². The fourth-order valence-corrected chi connectivity index (χ4v) is 11.5. The molecule has 0 saturated carbocycles. The van der Waals surface area contributed by atoms with Gasteiger partial charge in [0.1, 0.15) is 64.3 Å². The number of hydrogen-bond donors (Lipinski definition) is 0. The molecule has 0 radical (unpaired) electrons. The third-order valence-electron chi connectivity index (χ3n) is 17.2. The Kier molecular flexibility index (Phi) is 22.1. The Morgan fingerprint density at radius 3 is 1.21 bits per heavy atom. The van der Waals surface area contributed by atoms with Crippen molar-refractivity contribution in [1.82, 2.24) is 24.9 Å². The standard InChI is InChI=1S/C16H14BNO2.3C15H13BN2O2.C14H12BN3O2/c1-11-7-12(9-18)3-6-16(11)20-14-4-5-15-13(8-14)10-19-17(15)2;1-10-5-15(18-8-12(10)7-17)20-13-3-4-14-11(6-13)9-19-16(14)2;1-10-5-11(7-17)8-18-15(10)20-13-3-4-14-12(6-13)9-19-16(14)2;1-10-3-4-11(8-17)15(18-10)20-13-5-6-14-12(7-13)9-19-16(14)2;1-9-11(6-16)7-17-14(18-9)20-12-3-4-13-10(5-12)8-19-15(13)2/h3-8H,10H2,1-2H3;2*3-6,8H,9H2,1-2H3;3-7H,9H2,1-2H3;3-5,7H,8H2,1-2H3. The van der Waals surface area contributed by atoms with Crippen LogP contribution >= 0.6 is 0 Å². The fraction of sp³-hybridized carbons (Fsp3) is 0.200. The molecule has 20 nitrogen and oxygen atoms in total. The summed E-state index contributed by atoms with van der Waals surface area (Å²) in [5, 5.41) is 44.5. The largest absolute Gasteiger partial charge is 0.457 e. The number of fused-ring (bicyclic) bond motifs is 5. The van der Waals surface area contributed by atoms with Gasteiger partial charge in [0.25, 0.3) is 0 Å². The molecule has 490 valence electrons. The zero-order valence-electron chi connectivity index (χ0n) is 56.9. The lowest BCUT2D eigenvalue weighted by Gasteiger charge is -2.10. The van der Waals surface area contributed by atoms with Crippen LogP contribution in [0, 0.1) is 91.3 Å². The number of ether oxygens (including phenoxy) is 5. The number of aryl methyl sites for hydroxylation is 5. The van der Waals surface area contributed by atoms with Gasteiger partial charge in [-0.05, 0) is 198 Å². The molecule has 0 N–H and O–H groups in total. The molecule has 4 aromatic heterocycles. The Morgan fingerprint density at radius 2 is 0.780 bits per heavy atom. The molecule has 0 aliphatic carbocycles. The second kappa shape index (κ2) is 31.7. The molecule has 25 heteroatoms. The number of benzene rings is 6. The van der Waals surface area contributed by atoms with Crippen LogP contribution in [-0.4, -0.2) is 59.5 Å². The maximum atomic E-state index is 9.09. The van der Waals surface area contributed by atoms with Crippen LogP contribution in [0.15, 0.2) is 152 Å². The first-order valence-corrected chi connectivity index (χ1v) is 32.3. The summed E-state index contributed by atoms with van der Waals surface area (Å²) in [5.41, 5.74) is 18.5. The highest BCUT2D eigenvalue weighted by Gasteiger charge is 2.28. The van der Waals surface area contributed by atoms with Crippen LogP contribution in [0.4, 0.5) is 0 Å². The van der Waals surface area contributed by atoms with E-state index in [1.807, 2.05) is 158 Å². The van der Waals surface area contributed by atoms with Crippen molar-refractivity contribution in [2.45, 2.75) is 102 Å². The van der Waals surface area contributed by atoms with Gasteiger partial charge in [0, 0.05) is 29.7 Å². The van der Waals surface area contributed by atoms with E-state index in [0.717, 1.165) is 67.6 Å². The van der Waals surface area contributed by atoms with Gasteiger partial charge in [-0.1, -0.05) is 64.4 Å². The van der Waals surface area contributed by atoms with Crippen LogP contribution in [-0.2, 0) is 56.3 Å². The number of hydrogen-bond acceptors (Lipinski definition) is 20. The van der Waals surface area contributed by atoms with Crippen molar-refractivity contribution in [1.29, 1.82) is 26.3 Å². The van der Waals surface area contributed by atoms with Crippen LogP contribution < -0.4 is 51.0 Å². The molecule has 0 spiro atoms. The molecular formula is C75H65B5N10O10. The molecule has 9 heterocycles. The predicted molar refractivity (Wildman–Crippen MR) is 381 cm³/mol. The van der Waals surface area contributed by atoms with E-state index in [4.69, 9.17) is 73.3 Å². The molecule has 5 aliphatic rings. The van der Waals surface area contributed by atoms with Crippen molar-refractivity contribution in [3.63, 3.8) is 0 Å². The maximum absolute atomic E-state index is 9.09. The summed E-state index contributed by atoms with van der Waals surface area (Å²) in [6.07, 6.45) is 4.51. The number of nitrogens with zero attached hydrogens (tertiary/aromatic N) is 10. The summed E-state index contributed by atoms with van der Waals surface area (Å²) in [5.74, 6) is 5.76. The van der Waals surface area contributed by atoms with Crippen LogP contribution in [0.1, 0.15) is 83.7 Å². The molecule has 0 unspecified atom stereocenters. The molecule has 5 aliphatic heterocycles. The SMILES string of the molecule is CB1OCc2cc(Oc3cc(C)c(C#N)cn3)ccc21.CB1OCc2cc(Oc3ccc(C#N)cc3C)ccc21.CB1OCc2cc(Oc3nc(C)ccc3C#N)ccc21.CB1OCc2cc(Oc3ncc(C#N)c(C)n3)ccc21.CB1OCc2cc(Oc3ncc(C#N)cc3C)ccc21. The zero-order chi connectivity index (χ0) is 70.6. The lowest BCUT2D eigenvalue weighted by Crippen LogP contribution is -2.23. The first kappa shape index (κ1) is 69.8.